The molecule has 0 bridgehead atoms. The number of hydrogen-bond donors (Lipinski definition) is 2. The van der Waals surface area contributed by atoms with Gasteiger partial charge in [-0.15, -0.1) is 0 Å². The summed E-state index contributed by atoms with van der Waals surface area (Å²) in [6.45, 7) is 28.6. The molecular weight excluding hydrogens is 512 g/mol. The molecule has 2 N–H and O–H groups in total. The topological polar surface area (TPSA) is 40.5 Å². The molecule has 0 aromatic rings. The first kappa shape index (κ1) is 36.8. The Hall–Kier alpha value is -3.20. The monoisotopic (exact) mass is 568 g/mol. The molecule has 0 fully saturated rings. The van der Waals surface area contributed by atoms with Gasteiger partial charge < -0.3 is 10.2 Å². The lowest BCUT2D eigenvalue weighted by atomic mass is 9.71. The lowest BCUT2D eigenvalue weighted by molar-refractivity contribution is 0.0234. The highest BCUT2D eigenvalue weighted by Crippen LogP contribution is 2.41. The van der Waals surface area contributed by atoms with Gasteiger partial charge >= 0.3 is 0 Å². The van der Waals surface area contributed by atoms with Crippen LogP contribution in [-0.2, 0) is 0 Å². The second-order valence-corrected chi connectivity index (χ2v) is 13.3. The maximum Gasteiger partial charge on any atom is 0.112 e. The molecule has 0 amide bonds. The Labute approximate surface area is 257 Å². The van der Waals surface area contributed by atoms with Crippen LogP contribution in [0.1, 0.15) is 82.1 Å². The number of aliphatic hydroxyl groups excluding tert-OH is 1. The Bertz CT molecular complexity index is 1270. The van der Waals surface area contributed by atoms with Gasteiger partial charge in [0.1, 0.15) is 5.60 Å². The van der Waals surface area contributed by atoms with Gasteiger partial charge in [0.15, 0.2) is 0 Å². The summed E-state index contributed by atoms with van der Waals surface area (Å²) in [5, 5.41) is 21.3. The Morgan fingerprint density at radius 2 is 1.26 bits per heavy atom. The molecule has 0 spiro atoms. The third kappa shape index (κ3) is 12.0. The van der Waals surface area contributed by atoms with Crippen molar-refractivity contribution >= 4 is 0 Å². The van der Waals surface area contributed by atoms with Crippen LogP contribution in [0.3, 0.4) is 0 Å². The maximum atomic E-state index is 11.2. The summed E-state index contributed by atoms with van der Waals surface area (Å²) in [5.41, 5.74) is 6.18. The third-order valence-electron chi connectivity index (χ3n) is 7.72. The zero-order chi connectivity index (χ0) is 32.1. The van der Waals surface area contributed by atoms with Crippen LogP contribution in [0, 0.1) is 10.8 Å². The normalized spacial score (nSPS) is 21.5. The van der Waals surface area contributed by atoms with Crippen molar-refractivity contribution in [2.45, 2.75) is 93.8 Å². The van der Waals surface area contributed by atoms with E-state index in [1.807, 2.05) is 64.2 Å². The Morgan fingerprint density at radius 3 is 1.71 bits per heavy atom. The summed E-state index contributed by atoms with van der Waals surface area (Å²) >= 11 is 0. The van der Waals surface area contributed by atoms with E-state index >= 15 is 0 Å². The Balaban J connectivity index is 2.75. The van der Waals surface area contributed by atoms with Crippen LogP contribution in [0.2, 0.25) is 0 Å². The predicted molar refractivity (Wildman–Crippen MR) is 186 cm³/mol. The van der Waals surface area contributed by atoms with Gasteiger partial charge in [0.05, 0.1) is 6.10 Å². The smallest absolute Gasteiger partial charge is 0.112 e. The Morgan fingerprint density at radius 1 is 0.810 bits per heavy atom. The molecule has 0 saturated carbocycles. The molecule has 0 aromatic carbocycles. The van der Waals surface area contributed by atoms with Crippen LogP contribution >= 0.6 is 0 Å². The van der Waals surface area contributed by atoms with Crippen LogP contribution in [0.4, 0.5) is 0 Å². The molecule has 0 heterocycles. The second-order valence-electron chi connectivity index (χ2n) is 13.3. The van der Waals surface area contributed by atoms with Gasteiger partial charge in [0.25, 0.3) is 0 Å². The molecule has 1 aliphatic rings. The summed E-state index contributed by atoms with van der Waals surface area (Å²) in [4.78, 5) is 0. The van der Waals surface area contributed by atoms with Gasteiger partial charge in [0, 0.05) is 0 Å². The van der Waals surface area contributed by atoms with Crippen molar-refractivity contribution in [3.63, 3.8) is 0 Å². The van der Waals surface area contributed by atoms with Crippen molar-refractivity contribution in [2.75, 3.05) is 0 Å². The van der Waals surface area contributed by atoms with Crippen molar-refractivity contribution in [3.05, 3.63) is 143 Å². The average molecular weight is 569 g/mol. The van der Waals surface area contributed by atoms with Crippen molar-refractivity contribution < 1.29 is 10.2 Å². The van der Waals surface area contributed by atoms with E-state index in [4.69, 9.17) is 0 Å². The Kier molecular flexibility index (Phi) is 14.4. The van der Waals surface area contributed by atoms with E-state index in [0.29, 0.717) is 5.57 Å². The predicted octanol–water partition coefficient (Wildman–Crippen LogP) is 10.6. The average Bonchev–Trinajstić information content (AvgIpc) is 2.87. The highest BCUT2D eigenvalue weighted by atomic mass is 16.3. The quantitative estimate of drug-likeness (QED) is 0.230. The van der Waals surface area contributed by atoms with Crippen molar-refractivity contribution in [1.82, 2.24) is 0 Å². The fourth-order valence-corrected chi connectivity index (χ4v) is 4.98. The molecule has 2 unspecified atom stereocenters. The first-order valence-corrected chi connectivity index (χ1v) is 14.9. The first-order chi connectivity index (χ1) is 19.4. The van der Waals surface area contributed by atoms with Gasteiger partial charge in [0.2, 0.25) is 0 Å². The first-order valence-electron chi connectivity index (χ1n) is 14.9. The van der Waals surface area contributed by atoms with Gasteiger partial charge in [-0.05, 0) is 75.5 Å². The van der Waals surface area contributed by atoms with Crippen LogP contribution in [0.5, 0.6) is 0 Å². The molecule has 1 aliphatic carbocycles. The molecule has 1 rings (SSSR count). The number of allylic oxidation sites excluding steroid dienone is 18. The number of aliphatic hydroxyl groups is 2. The fraction of sp³-hybridized carbons (Fsp3) is 0.400. The van der Waals surface area contributed by atoms with Crippen molar-refractivity contribution in [2.24, 2.45) is 10.8 Å². The van der Waals surface area contributed by atoms with E-state index < -0.39 is 11.0 Å². The van der Waals surface area contributed by atoms with Gasteiger partial charge in [-0.2, -0.15) is 0 Å². The largest absolute Gasteiger partial charge is 0.393 e. The summed E-state index contributed by atoms with van der Waals surface area (Å²) < 4.78 is 0. The summed E-state index contributed by atoms with van der Waals surface area (Å²) in [6.07, 6.45) is 31.7. The summed E-state index contributed by atoms with van der Waals surface area (Å²) in [6, 6.07) is 0. The zero-order valence-corrected chi connectivity index (χ0v) is 28.0. The molecule has 0 aromatic heterocycles. The molecular formula is C40H56O2. The van der Waals surface area contributed by atoms with Crippen LogP contribution in [0.15, 0.2) is 143 Å². The third-order valence-corrected chi connectivity index (χ3v) is 7.72. The fourth-order valence-electron chi connectivity index (χ4n) is 4.98. The van der Waals surface area contributed by atoms with Crippen LogP contribution in [-0.4, -0.2) is 21.9 Å². The van der Waals surface area contributed by atoms with E-state index in [0.717, 1.165) is 24.0 Å². The van der Waals surface area contributed by atoms with Crippen molar-refractivity contribution in [3.8, 4) is 0 Å². The van der Waals surface area contributed by atoms with E-state index in [-0.39, 0.29) is 11.5 Å². The minimum absolute atomic E-state index is 0.00248. The minimum Gasteiger partial charge on any atom is -0.393 e. The highest BCUT2D eigenvalue weighted by molar-refractivity contribution is 5.39. The molecule has 2 nitrogen and oxygen atoms in total. The zero-order valence-electron chi connectivity index (χ0n) is 28.0. The highest BCUT2D eigenvalue weighted by Gasteiger charge is 2.39. The number of hydrogen-bond acceptors (Lipinski definition) is 2. The molecule has 2 heteroatoms. The van der Waals surface area contributed by atoms with E-state index in [1.54, 1.807) is 6.08 Å². The van der Waals surface area contributed by atoms with Crippen molar-refractivity contribution in [1.29, 1.82) is 0 Å². The molecule has 2 atom stereocenters. The van der Waals surface area contributed by atoms with Crippen LogP contribution in [0.25, 0.3) is 0 Å². The molecule has 0 radical (unpaired) electrons. The lowest BCUT2D eigenvalue weighted by Gasteiger charge is -2.38. The molecule has 0 saturated heterocycles. The molecule has 42 heavy (non-hydrogen) atoms. The van der Waals surface area contributed by atoms with Crippen LogP contribution < -0.4 is 0 Å². The van der Waals surface area contributed by atoms with Gasteiger partial charge in [-0.1, -0.05) is 161 Å². The molecule has 228 valence electrons. The summed E-state index contributed by atoms with van der Waals surface area (Å²) in [5.74, 6) is 0. The molecule has 0 aliphatic heterocycles. The standard InChI is InChI=1S/C40H56O2/c1-13-35(7)40(42,38(8,9)10)27-26-33(5)23-17-21-31(3)19-15-14-18-30(2)20-16-22-32(4)24-25-37-34(6)28-36(41)29-39(37,11)12/h13-27,36,41-42H,1,7,28-29H2,2-6,8-12H3. The van der Waals surface area contributed by atoms with E-state index in [1.165, 1.54) is 22.3 Å². The lowest BCUT2D eigenvalue weighted by Crippen LogP contribution is -2.42. The van der Waals surface area contributed by atoms with Gasteiger partial charge in [-0.25, -0.2) is 0 Å². The number of rotatable bonds is 12. The second kappa shape index (κ2) is 16.4. The van der Waals surface area contributed by atoms with E-state index in [2.05, 4.69) is 103 Å². The maximum absolute atomic E-state index is 11.2. The van der Waals surface area contributed by atoms with E-state index in [9.17, 15) is 10.2 Å². The van der Waals surface area contributed by atoms with Gasteiger partial charge in [-0.3, -0.25) is 0 Å². The minimum atomic E-state index is -1.16. The summed E-state index contributed by atoms with van der Waals surface area (Å²) in [7, 11) is 0. The SMILES string of the molecule is C=CC(=C)C(O)(C=CC(C)=CC=CC(C)=CC=CC=C(C)C=CC=C(C)C=CC1=C(C)CC(O)CC1(C)C)C(C)(C)C.